The number of ether oxygens (including phenoxy) is 2. The summed E-state index contributed by atoms with van der Waals surface area (Å²) in [7, 11) is 3.16. The van der Waals surface area contributed by atoms with Crippen LogP contribution in [0.4, 0.5) is 0 Å². The van der Waals surface area contributed by atoms with Crippen molar-refractivity contribution in [1.29, 1.82) is 0 Å². The SMILES string of the molecule is COc1ccc(CCNC(=O)c2ccc[n+]([O-])c2)cc1OC. The number of nitrogens with zero attached hydrogens (tertiary/aromatic N) is 1. The van der Waals surface area contributed by atoms with Gasteiger partial charge in [0.15, 0.2) is 23.9 Å². The van der Waals surface area contributed by atoms with Gasteiger partial charge in [-0.25, -0.2) is 0 Å². The van der Waals surface area contributed by atoms with Gasteiger partial charge in [0.1, 0.15) is 5.56 Å². The molecule has 6 nitrogen and oxygen atoms in total. The fraction of sp³-hybridized carbons (Fsp3) is 0.250. The maximum atomic E-state index is 11.9. The largest absolute Gasteiger partial charge is 0.619 e. The van der Waals surface area contributed by atoms with Gasteiger partial charge in [-0.1, -0.05) is 6.07 Å². The molecule has 6 heteroatoms. The maximum Gasteiger partial charge on any atom is 0.257 e. The first-order valence-corrected chi connectivity index (χ1v) is 6.82. The number of rotatable bonds is 6. The van der Waals surface area contributed by atoms with Crippen molar-refractivity contribution in [2.45, 2.75) is 6.42 Å². The number of aromatic nitrogens is 1. The molecule has 1 amide bonds. The second-order valence-corrected chi connectivity index (χ2v) is 4.65. The van der Waals surface area contributed by atoms with E-state index >= 15 is 0 Å². The molecule has 0 aliphatic heterocycles. The molecule has 22 heavy (non-hydrogen) atoms. The molecule has 1 N–H and O–H groups in total. The van der Waals surface area contributed by atoms with Crippen LogP contribution < -0.4 is 19.5 Å². The van der Waals surface area contributed by atoms with Crippen LogP contribution in [0, 0.1) is 5.21 Å². The molecule has 2 aromatic rings. The zero-order chi connectivity index (χ0) is 15.9. The molecule has 0 bridgehead atoms. The highest BCUT2D eigenvalue weighted by molar-refractivity contribution is 5.93. The molecule has 0 aliphatic carbocycles. The number of amides is 1. The van der Waals surface area contributed by atoms with Crippen LogP contribution in [-0.2, 0) is 6.42 Å². The van der Waals surface area contributed by atoms with E-state index in [1.54, 1.807) is 20.3 Å². The molecule has 0 spiro atoms. The normalized spacial score (nSPS) is 10.1. The molecule has 0 saturated carbocycles. The lowest BCUT2D eigenvalue weighted by Gasteiger charge is -2.10. The summed E-state index contributed by atoms with van der Waals surface area (Å²) in [4.78, 5) is 11.9. The standard InChI is InChI=1S/C16H18N2O4/c1-21-14-6-5-12(10-15(14)22-2)7-8-17-16(19)13-4-3-9-18(20)11-13/h3-6,9-11H,7-8H2,1-2H3,(H,17,19). The van der Waals surface area contributed by atoms with Gasteiger partial charge in [-0.2, -0.15) is 4.73 Å². The van der Waals surface area contributed by atoms with E-state index in [1.165, 1.54) is 18.5 Å². The van der Waals surface area contributed by atoms with Gasteiger partial charge in [0.2, 0.25) is 0 Å². The summed E-state index contributed by atoms with van der Waals surface area (Å²) >= 11 is 0. The van der Waals surface area contributed by atoms with E-state index < -0.39 is 0 Å². The van der Waals surface area contributed by atoms with Gasteiger partial charge in [-0.15, -0.1) is 0 Å². The maximum absolute atomic E-state index is 11.9. The van der Waals surface area contributed by atoms with Crippen molar-refractivity contribution in [1.82, 2.24) is 5.32 Å². The number of hydrogen-bond acceptors (Lipinski definition) is 4. The van der Waals surface area contributed by atoms with Crippen LogP contribution in [0.25, 0.3) is 0 Å². The highest BCUT2D eigenvalue weighted by atomic mass is 16.5. The lowest BCUT2D eigenvalue weighted by atomic mass is 10.1. The Bertz CT molecular complexity index is 658. The minimum absolute atomic E-state index is 0.273. The van der Waals surface area contributed by atoms with Crippen LogP contribution in [0.3, 0.4) is 0 Å². The van der Waals surface area contributed by atoms with E-state index in [2.05, 4.69) is 5.32 Å². The predicted molar refractivity (Wildman–Crippen MR) is 81.0 cm³/mol. The third-order valence-corrected chi connectivity index (χ3v) is 3.18. The lowest BCUT2D eigenvalue weighted by molar-refractivity contribution is -0.605. The van der Waals surface area contributed by atoms with E-state index in [-0.39, 0.29) is 5.91 Å². The van der Waals surface area contributed by atoms with Gasteiger partial charge < -0.3 is 20.0 Å². The zero-order valence-corrected chi connectivity index (χ0v) is 12.5. The summed E-state index contributed by atoms with van der Waals surface area (Å²) in [6, 6.07) is 8.75. The number of hydrogen-bond donors (Lipinski definition) is 1. The average Bonchev–Trinajstić information content (AvgIpc) is 2.54. The molecule has 116 valence electrons. The van der Waals surface area contributed by atoms with E-state index in [1.807, 2.05) is 18.2 Å². The summed E-state index contributed by atoms with van der Waals surface area (Å²) in [5.41, 5.74) is 1.36. The Kier molecular flexibility index (Phi) is 5.19. The zero-order valence-electron chi connectivity index (χ0n) is 12.5. The third kappa shape index (κ3) is 3.88. The topological polar surface area (TPSA) is 74.5 Å². The minimum atomic E-state index is -0.273. The van der Waals surface area contributed by atoms with Crippen molar-refractivity contribution in [3.63, 3.8) is 0 Å². The fourth-order valence-electron chi connectivity index (χ4n) is 2.05. The van der Waals surface area contributed by atoms with Crippen LogP contribution in [0.15, 0.2) is 42.7 Å². The first-order valence-electron chi connectivity index (χ1n) is 6.82. The molecule has 0 radical (unpaired) electrons. The van der Waals surface area contributed by atoms with Crippen LogP contribution in [0.1, 0.15) is 15.9 Å². The summed E-state index contributed by atoms with van der Waals surface area (Å²) in [5.74, 6) is 1.05. The lowest BCUT2D eigenvalue weighted by Crippen LogP contribution is -2.30. The second-order valence-electron chi connectivity index (χ2n) is 4.65. The van der Waals surface area contributed by atoms with Crippen molar-refractivity contribution in [2.75, 3.05) is 20.8 Å². The van der Waals surface area contributed by atoms with Crippen LogP contribution in [-0.4, -0.2) is 26.7 Å². The van der Waals surface area contributed by atoms with E-state index in [0.29, 0.717) is 34.8 Å². The van der Waals surface area contributed by atoms with E-state index in [4.69, 9.17) is 9.47 Å². The number of methoxy groups -OCH3 is 2. The van der Waals surface area contributed by atoms with Gasteiger partial charge >= 0.3 is 0 Å². The Morgan fingerprint density at radius 2 is 2.00 bits per heavy atom. The Balaban J connectivity index is 1.92. The quantitative estimate of drug-likeness (QED) is 0.645. The fourth-order valence-corrected chi connectivity index (χ4v) is 2.05. The number of nitrogens with one attached hydrogen (secondary N) is 1. The first kappa shape index (κ1) is 15.6. The molecule has 1 aromatic heterocycles. The van der Waals surface area contributed by atoms with Gasteiger partial charge in [0, 0.05) is 12.6 Å². The van der Waals surface area contributed by atoms with Crippen LogP contribution in [0.2, 0.25) is 0 Å². The molecule has 0 fully saturated rings. The molecular weight excluding hydrogens is 284 g/mol. The number of carbonyl (C=O) groups excluding carboxylic acids is 1. The van der Waals surface area contributed by atoms with Gasteiger partial charge in [-0.3, -0.25) is 4.79 Å². The van der Waals surface area contributed by atoms with E-state index in [9.17, 15) is 10.0 Å². The molecule has 1 aromatic carbocycles. The first-order chi connectivity index (χ1) is 10.6. The Morgan fingerprint density at radius 1 is 1.23 bits per heavy atom. The summed E-state index contributed by atoms with van der Waals surface area (Å²) < 4.78 is 11.0. The Morgan fingerprint density at radius 3 is 2.68 bits per heavy atom. The average molecular weight is 302 g/mol. The molecule has 0 unspecified atom stereocenters. The van der Waals surface area contributed by atoms with Crippen molar-refractivity contribution < 1.29 is 19.0 Å². The van der Waals surface area contributed by atoms with Crippen LogP contribution in [0.5, 0.6) is 11.5 Å². The smallest absolute Gasteiger partial charge is 0.257 e. The van der Waals surface area contributed by atoms with Gasteiger partial charge in [-0.05, 0) is 30.2 Å². The van der Waals surface area contributed by atoms with E-state index in [0.717, 1.165) is 5.56 Å². The van der Waals surface area contributed by atoms with Crippen molar-refractivity contribution in [3.05, 3.63) is 59.1 Å². The minimum Gasteiger partial charge on any atom is -0.619 e. The second kappa shape index (κ2) is 7.31. The predicted octanol–water partition coefficient (Wildman–Crippen LogP) is 1.31. The Labute approximate surface area is 128 Å². The van der Waals surface area contributed by atoms with Crippen molar-refractivity contribution >= 4 is 5.91 Å². The third-order valence-electron chi connectivity index (χ3n) is 3.18. The number of carbonyl (C=O) groups is 1. The monoisotopic (exact) mass is 302 g/mol. The highest BCUT2D eigenvalue weighted by Gasteiger charge is 2.09. The van der Waals surface area contributed by atoms with Gasteiger partial charge in [0.05, 0.1) is 14.2 Å². The molecular formula is C16H18N2O4. The molecule has 2 rings (SSSR count). The molecule has 0 aliphatic rings. The summed E-state index contributed by atoms with van der Waals surface area (Å²) in [6.07, 6.45) is 3.22. The Hall–Kier alpha value is -2.76. The summed E-state index contributed by atoms with van der Waals surface area (Å²) in [5, 5.41) is 13.9. The van der Waals surface area contributed by atoms with Crippen molar-refractivity contribution in [2.24, 2.45) is 0 Å². The number of pyridine rings is 1. The highest BCUT2D eigenvalue weighted by Crippen LogP contribution is 2.27. The van der Waals surface area contributed by atoms with Gasteiger partial charge in [0.25, 0.3) is 5.91 Å². The molecule has 0 saturated heterocycles. The molecule has 1 heterocycles. The number of benzene rings is 1. The summed E-state index contributed by atoms with van der Waals surface area (Å²) in [6.45, 7) is 0.460. The van der Waals surface area contributed by atoms with Crippen LogP contribution >= 0.6 is 0 Å². The molecule has 0 atom stereocenters. The van der Waals surface area contributed by atoms with Crippen molar-refractivity contribution in [3.8, 4) is 11.5 Å².